The zero-order valence-electron chi connectivity index (χ0n) is 12.4. The number of aryl methyl sites for hydroxylation is 1. The first kappa shape index (κ1) is 14.9. The first-order chi connectivity index (χ1) is 9.61. The number of amides is 1. The van der Waals surface area contributed by atoms with Gasteiger partial charge in [-0.15, -0.1) is 0 Å². The second-order valence-electron chi connectivity index (χ2n) is 5.54. The van der Waals surface area contributed by atoms with Crippen molar-refractivity contribution in [3.05, 3.63) is 29.3 Å². The molecule has 2 N–H and O–H groups in total. The Kier molecular flexibility index (Phi) is 5.01. The maximum atomic E-state index is 12.5. The lowest BCUT2D eigenvalue weighted by Gasteiger charge is -2.29. The van der Waals surface area contributed by atoms with Crippen molar-refractivity contribution in [2.24, 2.45) is 5.92 Å². The number of piperidine rings is 1. The maximum absolute atomic E-state index is 12.5. The summed E-state index contributed by atoms with van der Waals surface area (Å²) < 4.78 is 0. The van der Waals surface area contributed by atoms with Crippen molar-refractivity contribution in [3.8, 4) is 5.75 Å². The van der Waals surface area contributed by atoms with E-state index in [-0.39, 0.29) is 11.7 Å². The molecule has 1 aromatic rings. The van der Waals surface area contributed by atoms with Gasteiger partial charge in [0.15, 0.2) is 0 Å². The molecule has 1 amide bonds. The van der Waals surface area contributed by atoms with Crippen LogP contribution in [-0.2, 0) is 0 Å². The average Bonchev–Trinajstić information content (AvgIpc) is 2.48. The molecule has 0 spiro atoms. The van der Waals surface area contributed by atoms with E-state index in [4.69, 9.17) is 0 Å². The zero-order valence-corrected chi connectivity index (χ0v) is 12.4. The monoisotopic (exact) mass is 276 g/mol. The number of phenols is 1. The summed E-state index contributed by atoms with van der Waals surface area (Å²) in [5, 5.41) is 13.1. The van der Waals surface area contributed by atoms with Crippen LogP contribution in [0.4, 0.5) is 0 Å². The third-order valence-corrected chi connectivity index (χ3v) is 4.06. The highest BCUT2D eigenvalue weighted by atomic mass is 16.3. The Morgan fingerprint density at radius 3 is 2.70 bits per heavy atom. The molecule has 0 aromatic heterocycles. The highest BCUT2D eigenvalue weighted by Gasteiger charge is 2.21. The van der Waals surface area contributed by atoms with Gasteiger partial charge in [-0.3, -0.25) is 4.79 Å². The third kappa shape index (κ3) is 3.51. The van der Waals surface area contributed by atoms with Gasteiger partial charge < -0.3 is 15.3 Å². The van der Waals surface area contributed by atoms with Crippen molar-refractivity contribution in [2.45, 2.75) is 26.7 Å². The van der Waals surface area contributed by atoms with Gasteiger partial charge in [-0.05, 0) is 63.4 Å². The van der Waals surface area contributed by atoms with Gasteiger partial charge in [0.1, 0.15) is 5.75 Å². The minimum Gasteiger partial charge on any atom is -0.508 e. The van der Waals surface area contributed by atoms with Gasteiger partial charge in [-0.1, -0.05) is 6.07 Å². The van der Waals surface area contributed by atoms with Crippen LogP contribution in [0.15, 0.2) is 18.2 Å². The van der Waals surface area contributed by atoms with Crippen LogP contribution in [0, 0.1) is 12.8 Å². The predicted molar refractivity (Wildman–Crippen MR) is 80.0 cm³/mol. The number of nitrogens with zero attached hydrogens (tertiary/aromatic N) is 1. The van der Waals surface area contributed by atoms with Crippen LogP contribution in [0.5, 0.6) is 5.75 Å². The summed E-state index contributed by atoms with van der Waals surface area (Å²) in [6.45, 7) is 7.44. The molecule has 0 unspecified atom stereocenters. The van der Waals surface area contributed by atoms with E-state index < -0.39 is 0 Å². The average molecular weight is 276 g/mol. The van der Waals surface area contributed by atoms with Gasteiger partial charge in [0, 0.05) is 18.7 Å². The molecule has 4 heteroatoms. The molecular weight excluding hydrogens is 252 g/mol. The molecule has 110 valence electrons. The van der Waals surface area contributed by atoms with Crippen molar-refractivity contribution in [3.63, 3.8) is 0 Å². The molecule has 0 bridgehead atoms. The second kappa shape index (κ2) is 6.75. The van der Waals surface area contributed by atoms with Gasteiger partial charge >= 0.3 is 0 Å². The van der Waals surface area contributed by atoms with E-state index in [1.54, 1.807) is 18.2 Å². The summed E-state index contributed by atoms with van der Waals surface area (Å²) in [5.74, 6) is 0.786. The zero-order chi connectivity index (χ0) is 14.5. The van der Waals surface area contributed by atoms with E-state index in [1.807, 2.05) is 18.7 Å². The summed E-state index contributed by atoms with van der Waals surface area (Å²) in [5.41, 5.74) is 1.37. The number of rotatable bonds is 4. The quantitative estimate of drug-likeness (QED) is 0.886. The Morgan fingerprint density at radius 2 is 2.10 bits per heavy atom. The molecule has 0 saturated carbocycles. The summed E-state index contributed by atoms with van der Waals surface area (Å²) >= 11 is 0. The van der Waals surface area contributed by atoms with Gasteiger partial charge in [0.05, 0.1) is 0 Å². The molecule has 1 aliphatic rings. The SMILES string of the molecule is CCN(CC1CCNCC1)C(=O)c1ccc(C)c(O)c1. The molecule has 0 radical (unpaired) electrons. The highest BCUT2D eigenvalue weighted by Crippen LogP contribution is 2.20. The number of carbonyl (C=O) groups is 1. The highest BCUT2D eigenvalue weighted by molar-refractivity contribution is 5.94. The molecule has 1 saturated heterocycles. The van der Waals surface area contributed by atoms with Gasteiger partial charge in [-0.2, -0.15) is 0 Å². The fraction of sp³-hybridized carbons (Fsp3) is 0.562. The summed E-state index contributed by atoms with van der Waals surface area (Å²) in [7, 11) is 0. The predicted octanol–water partition coefficient (Wildman–Crippen LogP) is 2.16. The molecule has 1 aromatic carbocycles. The Labute approximate surface area is 120 Å². The summed E-state index contributed by atoms with van der Waals surface area (Å²) in [6.07, 6.45) is 2.26. The fourth-order valence-corrected chi connectivity index (χ4v) is 2.66. The fourth-order valence-electron chi connectivity index (χ4n) is 2.66. The van der Waals surface area contributed by atoms with Crippen molar-refractivity contribution in [2.75, 3.05) is 26.2 Å². The van der Waals surface area contributed by atoms with Crippen molar-refractivity contribution < 1.29 is 9.90 Å². The number of aromatic hydroxyl groups is 1. The Balaban J connectivity index is 2.05. The van der Waals surface area contributed by atoms with Crippen molar-refractivity contribution in [1.82, 2.24) is 10.2 Å². The van der Waals surface area contributed by atoms with E-state index in [9.17, 15) is 9.90 Å². The molecule has 0 aliphatic carbocycles. The summed E-state index contributed by atoms with van der Waals surface area (Å²) in [6, 6.07) is 5.16. The number of hydrogen-bond donors (Lipinski definition) is 2. The van der Waals surface area contributed by atoms with Crippen LogP contribution in [0.3, 0.4) is 0 Å². The topological polar surface area (TPSA) is 52.6 Å². The van der Waals surface area contributed by atoms with Crippen LogP contribution in [0.2, 0.25) is 0 Å². The first-order valence-corrected chi connectivity index (χ1v) is 7.41. The largest absolute Gasteiger partial charge is 0.508 e. The van der Waals surface area contributed by atoms with Crippen LogP contribution >= 0.6 is 0 Å². The van der Waals surface area contributed by atoms with Crippen LogP contribution in [0.25, 0.3) is 0 Å². The van der Waals surface area contributed by atoms with Crippen LogP contribution in [-0.4, -0.2) is 42.1 Å². The first-order valence-electron chi connectivity index (χ1n) is 7.41. The standard InChI is InChI=1S/C16H24N2O2/c1-3-18(11-13-6-8-17-9-7-13)16(20)14-5-4-12(2)15(19)10-14/h4-5,10,13,17,19H,3,6-9,11H2,1-2H3. The van der Waals surface area contributed by atoms with Gasteiger partial charge in [0.2, 0.25) is 0 Å². The number of carbonyl (C=O) groups excluding carboxylic acids is 1. The number of benzene rings is 1. The lowest BCUT2D eigenvalue weighted by Crippen LogP contribution is -2.39. The van der Waals surface area contributed by atoms with E-state index in [0.717, 1.165) is 38.0 Å². The van der Waals surface area contributed by atoms with Crippen LogP contribution in [0.1, 0.15) is 35.7 Å². The minimum absolute atomic E-state index is 0.0151. The third-order valence-electron chi connectivity index (χ3n) is 4.06. The number of hydrogen-bond acceptors (Lipinski definition) is 3. The Morgan fingerprint density at radius 1 is 1.40 bits per heavy atom. The molecular formula is C16H24N2O2. The lowest BCUT2D eigenvalue weighted by atomic mass is 9.97. The smallest absolute Gasteiger partial charge is 0.253 e. The second-order valence-corrected chi connectivity index (χ2v) is 5.54. The van der Waals surface area contributed by atoms with E-state index in [1.165, 1.54) is 0 Å². The number of nitrogens with one attached hydrogen (secondary N) is 1. The molecule has 0 atom stereocenters. The Bertz CT molecular complexity index is 468. The van der Waals surface area contributed by atoms with Crippen LogP contribution < -0.4 is 5.32 Å². The normalized spacial score (nSPS) is 16.1. The molecule has 20 heavy (non-hydrogen) atoms. The Hall–Kier alpha value is -1.55. The minimum atomic E-state index is 0.0151. The molecule has 2 rings (SSSR count). The van der Waals surface area contributed by atoms with Crippen molar-refractivity contribution in [1.29, 1.82) is 0 Å². The number of phenolic OH excluding ortho intramolecular Hbond substituents is 1. The van der Waals surface area contributed by atoms with Gasteiger partial charge in [0.25, 0.3) is 5.91 Å². The molecule has 1 fully saturated rings. The molecule has 1 aliphatic heterocycles. The molecule has 4 nitrogen and oxygen atoms in total. The van der Waals surface area contributed by atoms with E-state index >= 15 is 0 Å². The van der Waals surface area contributed by atoms with Gasteiger partial charge in [-0.25, -0.2) is 0 Å². The maximum Gasteiger partial charge on any atom is 0.253 e. The lowest BCUT2D eigenvalue weighted by molar-refractivity contribution is 0.0726. The van der Waals surface area contributed by atoms with E-state index in [2.05, 4.69) is 5.32 Å². The molecule has 1 heterocycles. The van der Waals surface area contributed by atoms with E-state index in [0.29, 0.717) is 18.0 Å². The van der Waals surface area contributed by atoms with Crippen molar-refractivity contribution >= 4 is 5.91 Å². The summed E-state index contributed by atoms with van der Waals surface area (Å²) in [4.78, 5) is 14.4.